The Bertz CT molecular complexity index is 754. The number of aryl methyl sites for hydroxylation is 1. The van der Waals surface area contributed by atoms with Crippen LogP contribution in [-0.4, -0.2) is 49.0 Å². The van der Waals surface area contributed by atoms with Gasteiger partial charge in [0.15, 0.2) is 9.34 Å². The topological polar surface area (TPSA) is 103 Å². The lowest BCUT2D eigenvalue weighted by Crippen LogP contribution is -2.44. The predicted molar refractivity (Wildman–Crippen MR) is 82.4 cm³/mol. The summed E-state index contributed by atoms with van der Waals surface area (Å²) in [4.78, 5) is 6.18. The Kier molecular flexibility index (Phi) is 4.17. The van der Waals surface area contributed by atoms with E-state index in [0.29, 0.717) is 31.4 Å². The third kappa shape index (κ3) is 3.46. The Labute approximate surface area is 132 Å². The molecule has 1 aliphatic rings. The van der Waals surface area contributed by atoms with Crippen molar-refractivity contribution in [1.82, 2.24) is 14.8 Å². The van der Waals surface area contributed by atoms with Gasteiger partial charge in [0.05, 0.1) is 31.6 Å². The van der Waals surface area contributed by atoms with E-state index < -0.39 is 10.0 Å². The van der Waals surface area contributed by atoms with E-state index in [-0.39, 0.29) is 10.3 Å². The number of hydrogen-bond acceptors (Lipinski definition) is 7. The van der Waals surface area contributed by atoms with Gasteiger partial charge in [0.1, 0.15) is 0 Å². The number of ether oxygens (including phenoxy) is 1. The summed E-state index contributed by atoms with van der Waals surface area (Å²) in [6.45, 7) is 4.51. The fraction of sp³-hybridized carbons (Fsp3) is 0.500. The number of thiazole rings is 1. The van der Waals surface area contributed by atoms with Crippen molar-refractivity contribution in [2.45, 2.75) is 23.8 Å². The van der Waals surface area contributed by atoms with Crippen LogP contribution >= 0.6 is 11.3 Å². The quantitative estimate of drug-likeness (QED) is 0.851. The van der Waals surface area contributed by atoms with E-state index in [2.05, 4.69) is 10.1 Å². The SMILES string of the molecule is Cc1cnn(CC2CN(c3ncc(S(N)(=O)=O)s3)CCO2)c1. The zero-order chi connectivity index (χ0) is 15.7. The molecule has 2 N–H and O–H groups in total. The summed E-state index contributed by atoms with van der Waals surface area (Å²) in [7, 11) is -3.70. The van der Waals surface area contributed by atoms with Gasteiger partial charge in [-0.15, -0.1) is 0 Å². The summed E-state index contributed by atoms with van der Waals surface area (Å²) < 4.78 is 30.3. The maximum Gasteiger partial charge on any atom is 0.249 e. The second kappa shape index (κ2) is 5.95. The number of morpholine rings is 1. The number of sulfonamides is 1. The maximum atomic E-state index is 11.3. The van der Waals surface area contributed by atoms with Crippen LogP contribution in [0.2, 0.25) is 0 Å². The van der Waals surface area contributed by atoms with E-state index in [1.807, 2.05) is 22.7 Å². The Morgan fingerprint density at radius 1 is 1.50 bits per heavy atom. The Balaban J connectivity index is 1.69. The van der Waals surface area contributed by atoms with Crippen molar-refractivity contribution >= 4 is 26.5 Å². The molecule has 0 spiro atoms. The predicted octanol–water partition coefficient (Wildman–Crippen LogP) is 0.201. The number of hydrogen-bond donors (Lipinski definition) is 1. The first-order chi connectivity index (χ1) is 10.4. The highest BCUT2D eigenvalue weighted by Crippen LogP contribution is 2.26. The molecule has 0 amide bonds. The highest BCUT2D eigenvalue weighted by molar-refractivity contribution is 7.91. The molecular weight excluding hydrogens is 326 g/mol. The lowest BCUT2D eigenvalue weighted by Gasteiger charge is -2.32. The number of primary sulfonamides is 1. The van der Waals surface area contributed by atoms with E-state index in [4.69, 9.17) is 9.88 Å². The summed E-state index contributed by atoms with van der Waals surface area (Å²) in [6.07, 6.45) is 5.05. The Hall–Kier alpha value is -1.49. The van der Waals surface area contributed by atoms with Crippen LogP contribution in [0.4, 0.5) is 5.13 Å². The molecule has 2 aromatic rings. The fourth-order valence-electron chi connectivity index (χ4n) is 2.31. The van der Waals surface area contributed by atoms with Crippen LogP contribution in [0.1, 0.15) is 5.56 Å². The summed E-state index contributed by atoms with van der Waals surface area (Å²) in [5.74, 6) is 0. The van der Waals surface area contributed by atoms with Crippen LogP contribution in [0.5, 0.6) is 0 Å². The van der Waals surface area contributed by atoms with Gasteiger partial charge < -0.3 is 9.64 Å². The van der Waals surface area contributed by atoms with E-state index in [1.54, 1.807) is 6.20 Å². The molecule has 0 aliphatic carbocycles. The number of nitrogens with zero attached hydrogens (tertiary/aromatic N) is 4. The monoisotopic (exact) mass is 343 g/mol. The Morgan fingerprint density at radius 3 is 2.95 bits per heavy atom. The van der Waals surface area contributed by atoms with Crippen LogP contribution in [0.15, 0.2) is 22.8 Å². The lowest BCUT2D eigenvalue weighted by molar-refractivity contribution is 0.0274. The molecule has 2 aromatic heterocycles. The molecule has 3 rings (SSSR count). The highest BCUT2D eigenvalue weighted by atomic mass is 32.2. The molecule has 1 unspecified atom stereocenters. The standard InChI is InChI=1S/C12H17N5O3S2/c1-9-4-15-17(6-9)8-10-7-16(2-3-20-10)12-14-5-11(21-12)22(13,18)19/h4-6,10H,2-3,7-8H2,1H3,(H2,13,18,19). The zero-order valence-corrected chi connectivity index (χ0v) is 13.7. The molecule has 10 heteroatoms. The third-order valence-electron chi connectivity index (χ3n) is 3.32. The largest absolute Gasteiger partial charge is 0.373 e. The molecule has 0 radical (unpaired) electrons. The fourth-order valence-corrected chi connectivity index (χ4v) is 3.88. The second-order valence-corrected chi connectivity index (χ2v) is 7.98. The van der Waals surface area contributed by atoms with Gasteiger partial charge in [-0.05, 0) is 12.5 Å². The molecule has 1 saturated heterocycles. The van der Waals surface area contributed by atoms with E-state index in [0.717, 1.165) is 16.9 Å². The lowest BCUT2D eigenvalue weighted by atomic mass is 10.3. The summed E-state index contributed by atoms with van der Waals surface area (Å²) in [5.41, 5.74) is 1.10. The van der Waals surface area contributed by atoms with Crippen molar-refractivity contribution in [1.29, 1.82) is 0 Å². The molecular formula is C12H17N5O3S2. The molecule has 22 heavy (non-hydrogen) atoms. The minimum absolute atomic E-state index is 0.0186. The summed E-state index contributed by atoms with van der Waals surface area (Å²) >= 11 is 1.08. The third-order valence-corrected chi connectivity index (χ3v) is 5.78. The minimum Gasteiger partial charge on any atom is -0.373 e. The van der Waals surface area contributed by atoms with Crippen molar-refractivity contribution in [2.75, 3.05) is 24.6 Å². The molecule has 0 aromatic carbocycles. The van der Waals surface area contributed by atoms with E-state index in [1.165, 1.54) is 6.20 Å². The van der Waals surface area contributed by atoms with Crippen molar-refractivity contribution in [3.63, 3.8) is 0 Å². The van der Waals surface area contributed by atoms with Gasteiger partial charge in [0, 0.05) is 19.3 Å². The first-order valence-corrected chi connectivity index (χ1v) is 9.12. The van der Waals surface area contributed by atoms with Gasteiger partial charge in [-0.1, -0.05) is 11.3 Å². The van der Waals surface area contributed by atoms with Gasteiger partial charge in [0.2, 0.25) is 10.0 Å². The number of anilines is 1. The molecule has 120 valence electrons. The van der Waals surface area contributed by atoms with Gasteiger partial charge >= 0.3 is 0 Å². The Morgan fingerprint density at radius 2 is 2.32 bits per heavy atom. The number of rotatable bonds is 4. The molecule has 0 saturated carbocycles. The first kappa shape index (κ1) is 15.4. The number of nitrogens with two attached hydrogens (primary N) is 1. The van der Waals surface area contributed by atoms with Crippen molar-refractivity contribution in [2.24, 2.45) is 5.14 Å². The van der Waals surface area contributed by atoms with E-state index in [9.17, 15) is 8.42 Å². The van der Waals surface area contributed by atoms with Crippen molar-refractivity contribution in [3.8, 4) is 0 Å². The molecule has 1 aliphatic heterocycles. The van der Waals surface area contributed by atoms with Crippen LogP contribution in [0, 0.1) is 6.92 Å². The molecule has 0 bridgehead atoms. The van der Waals surface area contributed by atoms with Crippen LogP contribution in [-0.2, 0) is 21.3 Å². The van der Waals surface area contributed by atoms with Gasteiger partial charge in [-0.3, -0.25) is 4.68 Å². The average molecular weight is 343 g/mol. The zero-order valence-electron chi connectivity index (χ0n) is 12.0. The van der Waals surface area contributed by atoms with Gasteiger partial charge in [-0.25, -0.2) is 18.5 Å². The number of aromatic nitrogens is 3. The van der Waals surface area contributed by atoms with Crippen LogP contribution < -0.4 is 10.0 Å². The van der Waals surface area contributed by atoms with Crippen LogP contribution in [0.3, 0.4) is 0 Å². The first-order valence-electron chi connectivity index (χ1n) is 6.76. The molecule has 1 atom stereocenters. The van der Waals surface area contributed by atoms with Gasteiger partial charge in [-0.2, -0.15) is 5.10 Å². The van der Waals surface area contributed by atoms with Crippen LogP contribution in [0.25, 0.3) is 0 Å². The van der Waals surface area contributed by atoms with Crippen molar-refractivity contribution < 1.29 is 13.2 Å². The van der Waals surface area contributed by atoms with Crippen molar-refractivity contribution in [3.05, 3.63) is 24.2 Å². The minimum atomic E-state index is -3.70. The van der Waals surface area contributed by atoms with Gasteiger partial charge in [0.25, 0.3) is 0 Å². The smallest absolute Gasteiger partial charge is 0.249 e. The normalized spacial score (nSPS) is 19.5. The second-order valence-electron chi connectivity index (χ2n) is 5.19. The summed E-state index contributed by atoms with van der Waals surface area (Å²) in [6, 6.07) is 0. The maximum absolute atomic E-state index is 11.3. The molecule has 3 heterocycles. The molecule has 8 nitrogen and oxygen atoms in total. The highest BCUT2D eigenvalue weighted by Gasteiger charge is 2.24. The van der Waals surface area contributed by atoms with E-state index >= 15 is 0 Å². The summed E-state index contributed by atoms with van der Waals surface area (Å²) in [5, 5.41) is 10.0. The average Bonchev–Trinajstić information content (AvgIpc) is 3.08. The molecule has 1 fully saturated rings.